The fourth-order valence-corrected chi connectivity index (χ4v) is 5.90. The smallest absolute Gasteiger partial charge is 0.408 e. The number of halogens is 1. The number of allylic oxidation sites excluding steroid dienone is 3. The van der Waals surface area contributed by atoms with Gasteiger partial charge in [-0.1, -0.05) is 25.0 Å². The van der Waals surface area contributed by atoms with Gasteiger partial charge in [0.05, 0.1) is 6.54 Å². The molecule has 5 rings (SSSR count). The largest absolute Gasteiger partial charge is 0.479 e. The number of carbonyl (C=O) groups excluding carboxylic acids is 3. The molecular formula is C30H39FN4O8. The second kappa shape index (κ2) is 12.0. The van der Waals surface area contributed by atoms with Crippen molar-refractivity contribution in [3.63, 3.8) is 0 Å². The van der Waals surface area contributed by atoms with E-state index in [4.69, 9.17) is 14.2 Å². The van der Waals surface area contributed by atoms with Crippen LogP contribution in [0.2, 0.25) is 0 Å². The van der Waals surface area contributed by atoms with E-state index < -0.39 is 71.2 Å². The highest BCUT2D eigenvalue weighted by Gasteiger charge is 2.61. The van der Waals surface area contributed by atoms with Crippen molar-refractivity contribution in [2.75, 3.05) is 6.54 Å². The van der Waals surface area contributed by atoms with E-state index in [-0.39, 0.29) is 31.4 Å². The lowest BCUT2D eigenvalue weighted by molar-refractivity contribution is -0.145. The monoisotopic (exact) mass is 602 g/mol. The Bertz CT molecular complexity index is 1270. The molecule has 2 unspecified atom stereocenters. The van der Waals surface area contributed by atoms with Crippen LogP contribution in [0.4, 0.5) is 9.18 Å². The average Bonchev–Trinajstić information content (AvgIpc) is 3.23. The summed E-state index contributed by atoms with van der Waals surface area (Å²) in [7, 11) is 0. The number of carboxylic acids is 1. The number of aliphatic imine (C=N–C) groups is 1. The minimum absolute atomic E-state index is 0.0324. The van der Waals surface area contributed by atoms with E-state index in [0.29, 0.717) is 12.8 Å². The number of fused-ring (bicyclic) bond motifs is 3. The lowest BCUT2D eigenvalue weighted by Crippen LogP contribution is -2.56. The van der Waals surface area contributed by atoms with Gasteiger partial charge < -0.3 is 34.9 Å². The van der Waals surface area contributed by atoms with Crippen molar-refractivity contribution in [2.24, 2.45) is 10.9 Å². The third-order valence-corrected chi connectivity index (χ3v) is 8.18. The summed E-state index contributed by atoms with van der Waals surface area (Å²) in [6.45, 7) is 5.11. The number of amides is 3. The van der Waals surface area contributed by atoms with Gasteiger partial charge >= 0.3 is 18.1 Å². The van der Waals surface area contributed by atoms with Gasteiger partial charge in [-0.3, -0.25) is 9.59 Å². The molecule has 0 aromatic heterocycles. The lowest BCUT2D eigenvalue weighted by Gasteiger charge is -2.30. The zero-order chi connectivity index (χ0) is 30.9. The average molecular weight is 603 g/mol. The molecule has 13 heteroatoms. The number of carbonyl (C=O) groups is 4. The van der Waals surface area contributed by atoms with Crippen LogP contribution in [0.3, 0.4) is 0 Å². The molecule has 234 valence electrons. The molecule has 0 radical (unpaired) electrons. The molecule has 0 aromatic rings. The highest BCUT2D eigenvalue weighted by Crippen LogP contribution is 2.45. The topological polar surface area (TPSA) is 156 Å². The fraction of sp³-hybridized carbons (Fsp3) is 0.633. The van der Waals surface area contributed by atoms with Crippen molar-refractivity contribution in [3.8, 4) is 0 Å². The molecule has 3 amide bonds. The number of hydrogen-bond acceptors (Lipinski definition) is 8. The van der Waals surface area contributed by atoms with Gasteiger partial charge in [0.25, 0.3) is 0 Å². The van der Waals surface area contributed by atoms with Crippen molar-refractivity contribution >= 4 is 30.0 Å². The van der Waals surface area contributed by atoms with E-state index in [2.05, 4.69) is 15.6 Å². The van der Waals surface area contributed by atoms with Crippen molar-refractivity contribution < 1.29 is 42.9 Å². The number of aliphatic carboxylic acids is 1. The Hall–Kier alpha value is -3.90. The second-order valence-corrected chi connectivity index (χ2v) is 12.7. The Morgan fingerprint density at radius 1 is 1.23 bits per heavy atom. The molecule has 1 saturated heterocycles. The van der Waals surface area contributed by atoms with E-state index in [1.807, 2.05) is 12.2 Å². The maximum atomic E-state index is 14.0. The predicted molar refractivity (Wildman–Crippen MR) is 151 cm³/mol. The van der Waals surface area contributed by atoms with Crippen LogP contribution in [0.15, 0.2) is 41.2 Å². The van der Waals surface area contributed by atoms with E-state index in [0.717, 1.165) is 19.3 Å². The maximum Gasteiger partial charge on any atom is 0.408 e. The van der Waals surface area contributed by atoms with Gasteiger partial charge in [0, 0.05) is 12.3 Å². The van der Waals surface area contributed by atoms with Crippen LogP contribution >= 0.6 is 0 Å². The first kappa shape index (κ1) is 30.6. The van der Waals surface area contributed by atoms with Crippen LogP contribution in [0, 0.1) is 5.92 Å². The third kappa shape index (κ3) is 7.02. The Kier molecular flexibility index (Phi) is 8.53. The van der Waals surface area contributed by atoms with Gasteiger partial charge in [0.2, 0.25) is 11.8 Å². The van der Waals surface area contributed by atoms with Gasteiger partial charge in [-0.15, -0.1) is 0 Å². The number of ether oxygens (including phenoxy) is 3. The van der Waals surface area contributed by atoms with Crippen LogP contribution < -0.4 is 10.6 Å². The summed E-state index contributed by atoms with van der Waals surface area (Å²) in [6.07, 6.45) is 9.40. The Morgan fingerprint density at radius 2 is 2.02 bits per heavy atom. The molecule has 0 bridgehead atoms. The van der Waals surface area contributed by atoms with E-state index in [9.17, 15) is 28.7 Å². The molecule has 1 saturated carbocycles. The normalized spacial score (nSPS) is 34.9. The van der Waals surface area contributed by atoms with Crippen LogP contribution in [-0.2, 0) is 28.6 Å². The molecule has 3 heterocycles. The van der Waals surface area contributed by atoms with E-state index in [1.54, 1.807) is 20.8 Å². The summed E-state index contributed by atoms with van der Waals surface area (Å²) in [5.41, 5.74) is -2.24. The molecular weight excluding hydrogens is 563 g/mol. The Morgan fingerprint density at radius 3 is 2.77 bits per heavy atom. The SMILES string of the molecule is CC(C)(C)OC(=O)N[C@H]1CCCCC/C=C\[C@@H]2C[C@@]2(C(=O)O)NC(=O)[C@@H]2C[C@@H](OC3=NC4C=C(F)C=CC4O3)CN2C1=O. The first-order valence-electron chi connectivity index (χ1n) is 14.8. The minimum atomic E-state index is -1.45. The molecule has 43 heavy (non-hydrogen) atoms. The molecule has 3 N–H and O–H groups in total. The standard InChI is InChI=1S/C30H39FN4O8/c1-29(2,3)43-27(40)32-20-10-8-6-4-5-7-9-17-15-30(17,26(38)39)34-24(36)22-14-19(16-35(22)25(20)37)41-28-33-21-13-18(31)11-12-23(21)42-28/h7,9,11-13,17,19-23H,4-6,8,10,14-16H2,1-3H3,(H,32,40)(H,34,36)(H,38,39)/b9-7-/t17-,19-,20+,21?,22+,23?,30-/m1/s1. The van der Waals surface area contributed by atoms with Crippen molar-refractivity contribution in [1.82, 2.24) is 15.5 Å². The van der Waals surface area contributed by atoms with Crippen molar-refractivity contribution in [2.45, 2.75) is 107 Å². The van der Waals surface area contributed by atoms with Gasteiger partial charge in [0.15, 0.2) is 0 Å². The molecule has 2 fully saturated rings. The van der Waals surface area contributed by atoms with Crippen LogP contribution in [-0.4, -0.2) is 88.0 Å². The van der Waals surface area contributed by atoms with Crippen molar-refractivity contribution in [1.29, 1.82) is 0 Å². The summed E-state index contributed by atoms with van der Waals surface area (Å²) in [5.74, 6) is -3.06. The summed E-state index contributed by atoms with van der Waals surface area (Å²) < 4.78 is 30.8. The van der Waals surface area contributed by atoms with E-state index >= 15 is 0 Å². The first-order valence-corrected chi connectivity index (χ1v) is 14.8. The molecule has 0 spiro atoms. The minimum Gasteiger partial charge on any atom is -0.479 e. The summed E-state index contributed by atoms with van der Waals surface area (Å²) >= 11 is 0. The lowest BCUT2D eigenvalue weighted by atomic mass is 10.0. The maximum absolute atomic E-state index is 14.0. The Labute approximate surface area is 249 Å². The Balaban J connectivity index is 1.38. The predicted octanol–water partition coefficient (Wildman–Crippen LogP) is 2.89. The zero-order valence-electron chi connectivity index (χ0n) is 24.6. The second-order valence-electron chi connectivity index (χ2n) is 12.7. The number of rotatable bonds is 3. The highest BCUT2D eigenvalue weighted by atomic mass is 19.1. The molecule has 12 nitrogen and oxygen atoms in total. The van der Waals surface area contributed by atoms with Crippen LogP contribution in [0.5, 0.6) is 0 Å². The molecule has 3 aliphatic heterocycles. The van der Waals surface area contributed by atoms with Crippen LogP contribution in [0.25, 0.3) is 0 Å². The molecule has 7 atom stereocenters. The van der Waals surface area contributed by atoms with E-state index in [1.165, 1.54) is 23.1 Å². The van der Waals surface area contributed by atoms with Gasteiger partial charge in [-0.25, -0.2) is 19.0 Å². The van der Waals surface area contributed by atoms with Crippen LogP contribution in [0.1, 0.15) is 65.7 Å². The number of carboxylic acid groups (broad SMARTS) is 1. The summed E-state index contributed by atoms with van der Waals surface area (Å²) in [4.78, 5) is 58.3. The molecule has 0 aromatic carbocycles. The number of hydrogen-bond donors (Lipinski definition) is 3. The first-order chi connectivity index (χ1) is 20.3. The van der Waals surface area contributed by atoms with Crippen molar-refractivity contribution in [3.05, 3.63) is 36.2 Å². The van der Waals surface area contributed by atoms with Gasteiger partial charge in [0.1, 0.15) is 47.3 Å². The fourth-order valence-electron chi connectivity index (χ4n) is 5.90. The molecule has 2 aliphatic carbocycles. The summed E-state index contributed by atoms with van der Waals surface area (Å²) in [6, 6.07) is -2.64. The quantitative estimate of drug-likeness (QED) is 0.417. The third-order valence-electron chi connectivity index (χ3n) is 8.18. The van der Waals surface area contributed by atoms with Gasteiger partial charge in [-0.05, 0) is 64.7 Å². The number of alkyl carbamates (subject to hydrolysis) is 1. The number of nitrogens with one attached hydrogen (secondary N) is 2. The van der Waals surface area contributed by atoms with Gasteiger partial charge in [-0.2, -0.15) is 0 Å². The zero-order valence-corrected chi connectivity index (χ0v) is 24.6. The summed E-state index contributed by atoms with van der Waals surface area (Å²) in [5, 5.41) is 15.4. The highest BCUT2D eigenvalue weighted by molar-refractivity contribution is 5.96. The molecule has 5 aliphatic rings. The number of nitrogens with zero attached hydrogens (tertiary/aromatic N) is 2.